The van der Waals surface area contributed by atoms with Crippen LogP contribution in [0.1, 0.15) is 66.5 Å². The summed E-state index contributed by atoms with van der Waals surface area (Å²) in [6, 6.07) is 8.24. The van der Waals surface area contributed by atoms with Gasteiger partial charge in [0.05, 0.1) is 5.69 Å². The number of carboxylic acid groups (broad SMARTS) is 1. The lowest BCUT2D eigenvalue weighted by molar-refractivity contribution is -0.152. The average molecular weight is 488 g/mol. The van der Waals surface area contributed by atoms with Gasteiger partial charge in [0.1, 0.15) is 22.4 Å². The molecule has 0 aliphatic heterocycles. The van der Waals surface area contributed by atoms with Crippen LogP contribution in [0.15, 0.2) is 36.4 Å². The van der Waals surface area contributed by atoms with Gasteiger partial charge in [0.2, 0.25) is 0 Å². The van der Waals surface area contributed by atoms with Crippen LogP contribution in [0.25, 0.3) is 10.6 Å². The quantitative estimate of drug-likeness (QED) is 0.345. The van der Waals surface area contributed by atoms with Crippen molar-refractivity contribution in [2.75, 3.05) is 0 Å². The van der Waals surface area contributed by atoms with E-state index >= 15 is 0 Å². The number of carbonyl (C=O) groups excluding carboxylic acids is 1. The number of rotatable bonds is 9. The third-order valence-corrected chi connectivity index (χ3v) is 6.52. The highest BCUT2D eigenvalue weighted by atomic mass is 32.1. The number of aliphatic carboxylic acids is 1. The zero-order valence-corrected chi connectivity index (χ0v) is 20.6. The Labute approximate surface area is 201 Å². The number of carboxylic acids is 1. The van der Waals surface area contributed by atoms with Crippen LogP contribution in [0, 0.1) is 18.6 Å². The van der Waals surface area contributed by atoms with E-state index in [0.29, 0.717) is 33.9 Å². The second kappa shape index (κ2) is 10.0. The van der Waals surface area contributed by atoms with Crippen molar-refractivity contribution in [2.24, 2.45) is 0 Å². The number of thiazole rings is 1. The number of benzene rings is 2. The summed E-state index contributed by atoms with van der Waals surface area (Å²) < 4.78 is 32.9. The molecule has 0 radical (unpaired) electrons. The van der Waals surface area contributed by atoms with Gasteiger partial charge in [0, 0.05) is 28.5 Å². The summed E-state index contributed by atoms with van der Waals surface area (Å²) in [6.45, 7) is 8.64. The molecular weight excluding hydrogens is 460 g/mol. The second-order valence-electron chi connectivity index (χ2n) is 8.96. The molecular formula is C26H27F2NO4S. The van der Waals surface area contributed by atoms with Crippen LogP contribution in [0.2, 0.25) is 0 Å². The number of hydrogen-bond donors (Lipinski definition) is 1. The van der Waals surface area contributed by atoms with Gasteiger partial charge in [-0.15, -0.1) is 11.3 Å². The standard InChI is InChI=1S/C26H27F2NO4S/c1-14(2)23-22(34-24(29-23)17-11-18(27)13-19(28)12-17)9-7-20(30)16-6-8-21(15(3)10-16)33-26(4,5)25(31)32/h6,8,10-14H,7,9H2,1-5H3,(H,31,32). The molecule has 0 saturated carbocycles. The first-order valence-corrected chi connectivity index (χ1v) is 11.7. The van der Waals surface area contributed by atoms with Crippen LogP contribution in [0.3, 0.4) is 0 Å². The minimum atomic E-state index is -1.39. The summed E-state index contributed by atoms with van der Waals surface area (Å²) >= 11 is 1.34. The molecule has 1 aromatic heterocycles. The van der Waals surface area contributed by atoms with Crippen LogP contribution in [-0.2, 0) is 11.2 Å². The Morgan fingerprint density at radius 1 is 1.12 bits per heavy atom. The number of ether oxygens (including phenoxy) is 1. The SMILES string of the molecule is Cc1cc(C(=O)CCc2sc(-c3cc(F)cc(F)c3)nc2C(C)C)ccc1OC(C)(C)C(=O)O. The molecule has 34 heavy (non-hydrogen) atoms. The van der Waals surface area contributed by atoms with E-state index in [9.17, 15) is 23.5 Å². The first-order chi connectivity index (χ1) is 15.9. The maximum atomic E-state index is 13.7. The van der Waals surface area contributed by atoms with E-state index in [-0.39, 0.29) is 18.1 Å². The number of Topliss-reactive ketones (excluding diaryl/α,β-unsaturated/α-hetero) is 1. The fourth-order valence-corrected chi connectivity index (χ4v) is 4.62. The van der Waals surface area contributed by atoms with Crippen molar-refractivity contribution in [3.8, 4) is 16.3 Å². The van der Waals surface area contributed by atoms with Gasteiger partial charge >= 0.3 is 5.97 Å². The number of aromatic nitrogens is 1. The maximum absolute atomic E-state index is 13.7. The molecule has 0 fully saturated rings. The molecule has 1 N–H and O–H groups in total. The van der Waals surface area contributed by atoms with Gasteiger partial charge in [-0.05, 0) is 69.0 Å². The fourth-order valence-electron chi connectivity index (χ4n) is 3.42. The number of aryl methyl sites for hydroxylation is 2. The Bertz CT molecular complexity index is 1210. The molecule has 2 aromatic carbocycles. The normalized spacial score (nSPS) is 11.6. The molecule has 0 bridgehead atoms. The zero-order chi connectivity index (χ0) is 25.2. The molecule has 0 spiro atoms. The van der Waals surface area contributed by atoms with Gasteiger partial charge < -0.3 is 9.84 Å². The van der Waals surface area contributed by atoms with Gasteiger partial charge in [0.25, 0.3) is 0 Å². The second-order valence-corrected chi connectivity index (χ2v) is 10.0. The van der Waals surface area contributed by atoms with Gasteiger partial charge in [-0.1, -0.05) is 13.8 Å². The lowest BCUT2D eigenvalue weighted by atomic mass is 10.0. The summed E-state index contributed by atoms with van der Waals surface area (Å²) in [5, 5.41) is 9.77. The van der Waals surface area contributed by atoms with Crippen molar-refractivity contribution in [1.29, 1.82) is 0 Å². The highest BCUT2D eigenvalue weighted by Gasteiger charge is 2.30. The Balaban J connectivity index is 1.77. The number of carbonyl (C=O) groups is 2. The average Bonchev–Trinajstić information content (AvgIpc) is 3.17. The summed E-state index contributed by atoms with van der Waals surface area (Å²) in [7, 11) is 0. The van der Waals surface area contributed by atoms with Crippen molar-refractivity contribution < 1.29 is 28.2 Å². The van der Waals surface area contributed by atoms with Gasteiger partial charge in [-0.25, -0.2) is 18.6 Å². The highest BCUT2D eigenvalue weighted by molar-refractivity contribution is 7.15. The molecule has 180 valence electrons. The van der Waals surface area contributed by atoms with Crippen LogP contribution in [0.5, 0.6) is 5.75 Å². The number of halogens is 2. The lowest BCUT2D eigenvalue weighted by Gasteiger charge is -2.22. The number of hydrogen-bond acceptors (Lipinski definition) is 5. The first-order valence-electron chi connectivity index (χ1n) is 10.9. The maximum Gasteiger partial charge on any atom is 0.347 e. The molecule has 1 heterocycles. The molecule has 8 heteroatoms. The zero-order valence-electron chi connectivity index (χ0n) is 19.7. The molecule has 0 saturated heterocycles. The van der Waals surface area contributed by atoms with Gasteiger partial charge in [-0.2, -0.15) is 0 Å². The molecule has 0 aliphatic rings. The van der Waals surface area contributed by atoms with Gasteiger partial charge in [0.15, 0.2) is 11.4 Å². The number of nitrogens with zero attached hydrogens (tertiary/aromatic N) is 1. The Kier molecular flexibility index (Phi) is 7.51. The van der Waals surface area contributed by atoms with Crippen molar-refractivity contribution >= 4 is 23.1 Å². The smallest absolute Gasteiger partial charge is 0.347 e. The van der Waals surface area contributed by atoms with E-state index in [0.717, 1.165) is 16.6 Å². The lowest BCUT2D eigenvalue weighted by Crippen LogP contribution is -2.38. The van der Waals surface area contributed by atoms with Crippen LogP contribution in [0.4, 0.5) is 8.78 Å². The van der Waals surface area contributed by atoms with Crippen molar-refractivity contribution in [2.45, 2.75) is 59.0 Å². The molecule has 0 unspecified atom stereocenters. The Hall–Kier alpha value is -3.13. The summed E-state index contributed by atoms with van der Waals surface area (Å²) in [6.07, 6.45) is 0.685. The molecule has 0 aliphatic carbocycles. The minimum Gasteiger partial charge on any atom is -0.478 e. The van der Waals surface area contributed by atoms with Crippen LogP contribution in [-0.4, -0.2) is 27.4 Å². The predicted octanol–water partition coefficient (Wildman–Crippen LogP) is 6.58. The Morgan fingerprint density at radius 2 is 1.76 bits per heavy atom. The topological polar surface area (TPSA) is 76.5 Å². The van der Waals surface area contributed by atoms with Gasteiger partial charge in [-0.3, -0.25) is 4.79 Å². The molecule has 0 amide bonds. The van der Waals surface area contributed by atoms with Crippen LogP contribution >= 0.6 is 11.3 Å². The summed E-state index contributed by atoms with van der Waals surface area (Å²) in [4.78, 5) is 29.7. The van der Waals surface area contributed by atoms with Crippen molar-refractivity contribution in [1.82, 2.24) is 4.98 Å². The fraction of sp³-hybridized carbons (Fsp3) is 0.346. The van der Waals surface area contributed by atoms with Crippen molar-refractivity contribution in [3.05, 3.63) is 69.7 Å². The molecule has 5 nitrogen and oxygen atoms in total. The van der Waals surface area contributed by atoms with E-state index in [1.54, 1.807) is 25.1 Å². The molecule has 3 rings (SSSR count). The number of ketones is 1. The third kappa shape index (κ3) is 5.86. The van der Waals surface area contributed by atoms with E-state index in [2.05, 4.69) is 4.98 Å². The Morgan fingerprint density at radius 3 is 2.32 bits per heavy atom. The minimum absolute atomic E-state index is 0.0754. The molecule has 0 atom stereocenters. The van der Waals surface area contributed by atoms with E-state index in [4.69, 9.17) is 4.74 Å². The first kappa shape index (κ1) is 25.5. The van der Waals surface area contributed by atoms with Crippen LogP contribution < -0.4 is 4.74 Å². The predicted molar refractivity (Wildman–Crippen MR) is 128 cm³/mol. The molecule has 3 aromatic rings. The van der Waals surface area contributed by atoms with E-state index < -0.39 is 23.2 Å². The van der Waals surface area contributed by atoms with E-state index in [1.807, 2.05) is 13.8 Å². The summed E-state index contributed by atoms with van der Waals surface area (Å²) in [5.41, 5.74) is 0.959. The van der Waals surface area contributed by atoms with Crippen molar-refractivity contribution in [3.63, 3.8) is 0 Å². The van der Waals surface area contributed by atoms with E-state index in [1.165, 1.54) is 37.3 Å². The monoisotopic (exact) mass is 487 g/mol. The highest BCUT2D eigenvalue weighted by Crippen LogP contribution is 2.34. The third-order valence-electron chi connectivity index (χ3n) is 5.34. The largest absolute Gasteiger partial charge is 0.478 e. The summed E-state index contributed by atoms with van der Waals surface area (Å²) in [5.74, 6) is -2.00.